The zero-order chi connectivity index (χ0) is 17.7. The van der Waals surface area contributed by atoms with Crippen molar-refractivity contribution >= 4 is 50.7 Å². The third-order valence-electron chi connectivity index (χ3n) is 4.11. The van der Waals surface area contributed by atoms with Crippen molar-refractivity contribution in [1.29, 1.82) is 0 Å². The molecule has 4 aromatic rings. The lowest BCUT2D eigenvalue weighted by Gasteiger charge is -2.13. The summed E-state index contributed by atoms with van der Waals surface area (Å²) < 4.78 is 0. The fraction of sp³-hybridized carbons (Fsp3) is 0. The number of anilines is 1. The predicted molar refractivity (Wildman–Crippen MR) is 102 cm³/mol. The maximum atomic E-state index is 12.4. The van der Waals surface area contributed by atoms with Gasteiger partial charge >= 0.3 is 0 Å². The van der Waals surface area contributed by atoms with Crippen molar-refractivity contribution in [3.63, 3.8) is 0 Å². The summed E-state index contributed by atoms with van der Waals surface area (Å²) in [4.78, 5) is 15.1. The van der Waals surface area contributed by atoms with E-state index in [1.807, 2.05) is 0 Å². The van der Waals surface area contributed by atoms with Crippen LogP contribution in [0.25, 0.3) is 32.9 Å². The van der Waals surface area contributed by atoms with Crippen LogP contribution in [0.5, 0.6) is 0 Å². The first-order valence-corrected chi connectivity index (χ1v) is 8.00. The molecule has 0 unspecified atom stereocenters. The molecule has 4 N–H and O–H groups in total. The quantitative estimate of drug-likeness (QED) is 0.444. The number of benzene rings is 2. The first kappa shape index (κ1) is 15.6. The van der Waals surface area contributed by atoms with Gasteiger partial charge in [-0.25, -0.2) is 0 Å². The van der Waals surface area contributed by atoms with Gasteiger partial charge in [0.25, 0.3) is 5.56 Å². The molecule has 5 nitrogen and oxygen atoms in total. The Morgan fingerprint density at radius 1 is 1.16 bits per heavy atom. The van der Waals surface area contributed by atoms with Gasteiger partial charge in [0.2, 0.25) is 0 Å². The highest BCUT2D eigenvalue weighted by atomic mass is 35.5. The molecule has 0 aliphatic rings. The molecule has 0 bridgehead atoms. The molecule has 0 spiro atoms. The largest absolute Gasteiger partial charge is 0.394 e. The number of pyridine rings is 1. The molecule has 0 radical (unpaired) electrons. The molecule has 0 atom stereocenters. The summed E-state index contributed by atoms with van der Waals surface area (Å²) in [7, 11) is 0. The SMILES string of the molecule is C#Cc1cc(Cl)cc2c(-c3ccc(Cl)c4[nH]ncc34)c(N)c(=O)[nH]c12. The zero-order valence-electron chi connectivity index (χ0n) is 12.7. The van der Waals surface area contributed by atoms with Crippen molar-refractivity contribution in [2.45, 2.75) is 0 Å². The van der Waals surface area contributed by atoms with Crippen LogP contribution < -0.4 is 11.3 Å². The number of nitrogens with two attached hydrogens (primary N) is 1. The minimum Gasteiger partial charge on any atom is -0.394 e. The Morgan fingerprint density at radius 2 is 1.96 bits per heavy atom. The van der Waals surface area contributed by atoms with Crippen LogP contribution in [0.2, 0.25) is 10.0 Å². The van der Waals surface area contributed by atoms with Crippen LogP contribution in [-0.4, -0.2) is 15.2 Å². The number of nitrogens with one attached hydrogen (secondary N) is 2. The highest BCUT2D eigenvalue weighted by molar-refractivity contribution is 6.36. The van der Waals surface area contributed by atoms with Gasteiger partial charge in [-0.05, 0) is 23.8 Å². The van der Waals surface area contributed by atoms with E-state index in [-0.39, 0.29) is 5.69 Å². The third-order valence-corrected chi connectivity index (χ3v) is 4.65. The second-order valence-electron chi connectivity index (χ2n) is 5.52. The predicted octanol–water partition coefficient (Wildman–Crippen LogP) is 3.94. The Labute approximate surface area is 151 Å². The van der Waals surface area contributed by atoms with Gasteiger partial charge in [0.1, 0.15) is 5.69 Å². The minimum atomic E-state index is -0.423. The van der Waals surface area contributed by atoms with Crippen LogP contribution in [0.1, 0.15) is 5.56 Å². The van der Waals surface area contributed by atoms with E-state index < -0.39 is 5.56 Å². The van der Waals surface area contributed by atoms with Crippen molar-refractivity contribution in [3.05, 3.63) is 56.4 Å². The summed E-state index contributed by atoms with van der Waals surface area (Å²) >= 11 is 12.4. The molecule has 0 saturated heterocycles. The van der Waals surface area contributed by atoms with Gasteiger partial charge in [-0.3, -0.25) is 9.89 Å². The maximum Gasteiger partial charge on any atom is 0.272 e. The van der Waals surface area contributed by atoms with Crippen LogP contribution in [0.4, 0.5) is 5.69 Å². The fourth-order valence-corrected chi connectivity index (χ4v) is 3.43. The van der Waals surface area contributed by atoms with Crippen molar-refractivity contribution < 1.29 is 0 Å². The van der Waals surface area contributed by atoms with Gasteiger partial charge in [-0.15, -0.1) is 6.42 Å². The van der Waals surface area contributed by atoms with Crippen LogP contribution in [0, 0.1) is 12.3 Å². The third kappa shape index (κ3) is 2.27. The van der Waals surface area contributed by atoms with Crippen LogP contribution in [-0.2, 0) is 0 Å². The number of aromatic amines is 2. The lowest BCUT2D eigenvalue weighted by Crippen LogP contribution is -2.14. The number of hydrogen-bond acceptors (Lipinski definition) is 3. The number of terminal acetylenes is 1. The molecule has 2 heterocycles. The Hall–Kier alpha value is -2.94. The van der Waals surface area contributed by atoms with Gasteiger partial charge in [0, 0.05) is 26.9 Å². The highest BCUT2D eigenvalue weighted by Gasteiger charge is 2.18. The van der Waals surface area contributed by atoms with E-state index >= 15 is 0 Å². The molecule has 0 amide bonds. The van der Waals surface area contributed by atoms with E-state index in [9.17, 15) is 4.79 Å². The second kappa shape index (κ2) is 5.55. The van der Waals surface area contributed by atoms with Gasteiger partial charge in [-0.2, -0.15) is 5.10 Å². The zero-order valence-corrected chi connectivity index (χ0v) is 14.2. The molecule has 0 aliphatic heterocycles. The number of nitrogens with zero attached hydrogens (tertiary/aromatic N) is 1. The number of halogens is 2. The standard InChI is InChI=1S/C18H10Cl2N4O/c1-2-8-5-9(19)6-11-14(15(21)18(25)23-16(8)11)10-3-4-13(20)17-12(10)7-22-24-17/h1,3-7H,21H2,(H,22,24)(H,23,25). The fourth-order valence-electron chi connectivity index (χ4n) is 3.00. The van der Waals surface area contributed by atoms with Gasteiger partial charge in [-0.1, -0.05) is 35.2 Å². The summed E-state index contributed by atoms with van der Waals surface area (Å²) in [6.07, 6.45) is 7.20. The Bertz CT molecular complexity index is 1260. The molecule has 122 valence electrons. The topological polar surface area (TPSA) is 87.6 Å². The summed E-state index contributed by atoms with van der Waals surface area (Å²) in [5.41, 5.74) is 8.67. The van der Waals surface area contributed by atoms with Gasteiger partial charge in [0.05, 0.1) is 22.3 Å². The summed E-state index contributed by atoms with van der Waals surface area (Å²) in [6.45, 7) is 0. The van der Waals surface area contributed by atoms with E-state index in [0.717, 1.165) is 5.39 Å². The van der Waals surface area contributed by atoms with Crippen molar-refractivity contribution in [2.24, 2.45) is 0 Å². The van der Waals surface area contributed by atoms with Crippen LogP contribution in [0.15, 0.2) is 35.3 Å². The number of aromatic nitrogens is 3. The molecule has 2 aromatic carbocycles. The lowest BCUT2D eigenvalue weighted by atomic mass is 9.95. The van der Waals surface area contributed by atoms with Crippen LogP contribution in [0.3, 0.4) is 0 Å². The number of rotatable bonds is 1. The summed E-state index contributed by atoms with van der Waals surface area (Å²) in [5, 5.41) is 9.25. The van der Waals surface area contributed by atoms with Crippen LogP contribution >= 0.6 is 23.2 Å². The Morgan fingerprint density at radius 3 is 2.72 bits per heavy atom. The molecule has 7 heteroatoms. The number of hydrogen-bond donors (Lipinski definition) is 3. The normalized spacial score (nSPS) is 11.1. The first-order valence-electron chi connectivity index (χ1n) is 7.25. The molecule has 0 aliphatic carbocycles. The molecule has 2 aromatic heterocycles. The molecule has 4 rings (SSSR count). The molecular weight excluding hydrogens is 359 g/mol. The molecule has 25 heavy (non-hydrogen) atoms. The average Bonchev–Trinajstić information content (AvgIpc) is 3.08. The minimum absolute atomic E-state index is 0.0718. The van der Waals surface area contributed by atoms with Gasteiger partial charge < -0.3 is 10.7 Å². The van der Waals surface area contributed by atoms with E-state index in [4.69, 9.17) is 35.4 Å². The average molecular weight is 369 g/mol. The Balaban J connectivity index is 2.25. The molecular formula is C18H10Cl2N4O. The number of fused-ring (bicyclic) bond motifs is 2. The van der Waals surface area contributed by atoms with E-state index in [2.05, 4.69) is 21.1 Å². The lowest BCUT2D eigenvalue weighted by molar-refractivity contribution is 1.12. The Kier molecular flexibility index (Phi) is 3.46. The van der Waals surface area contributed by atoms with Gasteiger partial charge in [0.15, 0.2) is 0 Å². The van der Waals surface area contributed by atoms with E-state index in [1.165, 1.54) is 0 Å². The molecule has 0 saturated carbocycles. The monoisotopic (exact) mass is 368 g/mol. The number of nitrogen functional groups attached to an aromatic ring is 1. The smallest absolute Gasteiger partial charge is 0.272 e. The van der Waals surface area contributed by atoms with Crippen molar-refractivity contribution in [3.8, 4) is 23.5 Å². The summed E-state index contributed by atoms with van der Waals surface area (Å²) in [5.74, 6) is 2.54. The summed E-state index contributed by atoms with van der Waals surface area (Å²) in [6, 6.07) is 6.85. The highest BCUT2D eigenvalue weighted by Crippen LogP contribution is 2.38. The first-order chi connectivity index (χ1) is 12.0. The van der Waals surface area contributed by atoms with E-state index in [0.29, 0.717) is 43.2 Å². The van der Waals surface area contributed by atoms with E-state index in [1.54, 1.807) is 30.5 Å². The van der Waals surface area contributed by atoms with Crippen molar-refractivity contribution in [2.75, 3.05) is 5.73 Å². The molecule has 0 fully saturated rings. The number of H-pyrrole nitrogens is 2. The second-order valence-corrected chi connectivity index (χ2v) is 6.36. The van der Waals surface area contributed by atoms with Crippen molar-refractivity contribution in [1.82, 2.24) is 15.2 Å². The maximum absolute atomic E-state index is 12.4.